The Morgan fingerprint density at radius 1 is 1.04 bits per heavy atom. The Morgan fingerprint density at radius 3 is 2.33 bits per heavy atom. The first kappa shape index (κ1) is 16.5. The predicted molar refractivity (Wildman–Crippen MR) is 99.8 cm³/mol. The van der Waals surface area contributed by atoms with Crippen molar-refractivity contribution < 1.29 is 9.59 Å². The molecule has 3 rings (SSSR count). The van der Waals surface area contributed by atoms with Gasteiger partial charge >= 0.3 is 0 Å². The Hall–Kier alpha value is -2.38. The number of benzene rings is 1. The van der Waals surface area contributed by atoms with Gasteiger partial charge in [-0.2, -0.15) is 0 Å². The number of carbonyl (C=O) groups is 2. The molecule has 0 aliphatic heterocycles. The van der Waals surface area contributed by atoms with Gasteiger partial charge in [-0.1, -0.05) is 12.1 Å². The summed E-state index contributed by atoms with van der Waals surface area (Å²) in [6.45, 7) is 0. The van der Waals surface area contributed by atoms with Crippen molar-refractivity contribution in [2.75, 3.05) is 10.6 Å². The fourth-order valence-corrected chi connectivity index (χ4v) is 3.36. The second-order valence-electron chi connectivity index (χ2n) is 5.12. The van der Waals surface area contributed by atoms with Crippen molar-refractivity contribution in [2.24, 2.45) is 7.05 Å². The summed E-state index contributed by atoms with van der Waals surface area (Å²) in [6, 6.07) is 12.4. The van der Waals surface area contributed by atoms with Crippen LogP contribution >= 0.6 is 27.3 Å². The van der Waals surface area contributed by atoms with Gasteiger partial charge in [-0.05, 0) is 51.6 Å². The van der Waals surface area contributed by atoms with Crippen molar-refractivity contribution in [1.29, 1.82) is 0 Å². The van der Waals surface area contributed by atoms with Gasteiger partial charge in [0.1, 0.15) is 5.69 Å². The van der Waals surface area contributed by atoms with Crippen LogP contribution in [0.15, 0.2) is 58.5 Å². The van der Waals surface area contributed by atoms with Crippen LogP contribution in [0.1, 0.15) is 20.2 Å². The zero-order valence-corrected chi connectivity index (χ0v) is 15.1. The Labute approximate surface area is 151 Å². The first-order valence-corrected chi connectivity index (χ1v) is 8.78. The van der Waals surface area contributed by atoms with Crippen LogP contribution < -0.4 is 10.6 Å². The van der Waals surface area contributed by atoms with E-state index in [9.17, 15) is 9.59 Å². The monoisotopic (exact) mass is 403 g/mol. The molecule has 3 aromatic rings. The second-order valence-corrected chi connectivity index (χ2v) is 6.98. The molecule has 0 saturated heterocycles. The van der Waals surface area contributed by atoms with E-state index in [-0.39, 0.29) is 11.8 Å². The van der Waals surface area contributed by atoms with Gasteiger partial charge < -0.3 is 15.2 Å². The quantitative estimate of drug-likeness (QED) is 0.679. The molecule has 2 aromatic heterocycles. The predicted octanol–water partition coefficient (Wildman–Crippen LogP) is 4.35. The third-order valence-electron chi connectivity index (χ3n) is 3.33. The highest BCUT2D eigenvalue weighted by atomic mass is 79.9. The van der Waals surface area contributed by atoms with E-state index in [1.54, 1.807) is 48.0 Å². The van der Waals surface area contributed by atoms with Crippen LogP contribution in [0.5, 0.6) is 0 Å². The van der Waals surface area contributed by atoms with Crippen molar-refractivity contribution in [3.8, 4) is 0 Å². The number of nitrogens with one attached hydrogen (secondary N) is 2. The Kier molecular flexibility index (Phi) is 4.82. The van der Waals surface area contributed by atoms with Gasteiger partial charge in [0.25, 0.3) is 11.8 Å². The third kappa shape index (κ3) is 3.74. The lowest BCUT2D eigenvalue weighted by Gasteiger charge is -2.09. The SMILES string of the molecule is Cn1cc(Br)cc1C(=O)Nc1cccc(NC(=O)c2cccs2)c1. The minimum atomic E-state index is -0.218. The average molecular weight is 404 g/mol. The van der Waals surface area contributed by atoms with Crippen molar-refractivity contribution in [2.45, 2.75) is 0 Å². The van der Waals surface area contributed by atoms with E-state index in [1.807, 2.05) is 17.6 Å². The van der Waals surface area contributed by atoms with Gasteiger partial charge in [-0.25, -0.2) is 0 Å². The Morgan fingerprint density at radius 2 is 1.75 bits per heavy atom. The molecule has 2 N–H and O–H groups in total. The molecule has 0 radical (unpaired) electrons. The number of amides is 2. The zero-order valence-electron chi connectivity index (χ0n) is 12.7. The van der Waals surface area contributed by atoms with Gasteiger partial charge in [-0.3, -0.25) is 9.59 Å². The lowest BCUT2D eigenvalue weighted by molar-refractivity contribution is 0.101. The fraction of sp³-hybridized carbons (Fsp3) is 0.0588. The molecule has 7 heteroatoms. The highest BCUT2D eigenvalue weighted by molar-refractivity contribution is 9.10. The van der Waals surface area contributed by atoms with Gasteiger partial charge in [0.05, 0.1) is 4.88 Å². The van der Waals surface area contributed by atoms with E-state index in [2.05, 4.69) is 26.6 Å². The molecule has 0 aliphatic carbocycles. The molecule has 122 valence electrons. The van der Waals surface area contributed by atoms with Crippen molar-refractivity contribution in [3.05, 3.63) is 69.1 Å². The molecule has 0 aliphatic rings. The van der Waals surface area contributed by atoms with Gasteiger partial charge in [-0.15, -0.1) is 11.3 Å². The van der Waals surface area contributed by atoms with Crippen LogP contribution in [0, 0.1) is 0 Å². The van der Waals surface area contributed by atoms with Crippen LogP contribution in [0.25, 0.3) is 0 Å². The molecule has 0 saturated carbocycles. The third-order valence-corrected chi connectivity index (χ3v) is 4.63. The normalized spacial score (nSPS) is 10.4. The number of halogens is 1. The molecule has 0 fully saturated rings. The van der Waals surface area contributed by atoms with E-state index in [0.717, 1.165) is 4.47 Å². The van der Waals surface area contributed by atoms with E-state index >= 15 is 0 Å². The van der Waals surface area contributed by atoms with Gasteiger partial charge in [0.2, 0.25) is 0 Å². The van der Waals surface area contributed by atoms with E-state index < -0.39 is 0 Å². The van der Waals surface area contributed by atoms with Crippen molar-refractivity contribution >= 4 is 50.5 Å². The number of thiophene rings is 1. The maximum Gasteiger partial charge on any atom is 0.272 e. The van der Waals surface area contributed by atoms with Crippen molar-refractivity contribution in [3.63, 3.8) is 0 Å². The van der Waals surface area contributed by atoms with Gasteiger partial charge in [0.15, 0.2) is 0 Å². The Balaban J connectivity index is 1.72. The van der Waals surface area contributed by atoms with E-state index in [1.165, 1.54) is 11.3 Å². The summed E-state index contributed by atoms with van der Waals surface area (Å²) in [6.07, 6.45) is 1.81. The highest BCUT2D eigenvalue weighted by Crippen LogP contribution is 2.19. The lowest BCUT2D eigenvalue weighted by atomic mass is 10.2. The summed E-state index contributed by atoms with van der Waals surface area (Å²) in [5.41, 5.74) is 1.77. The minimum absolute atomic E-state index is 0.167. The summed E-state index contributed by atoms with van der Waals surface area (Å²) < 4.78 is 2.58. The number of anilines is 2. The van der Waals surface area contributed by atoms with Crippen LogP contribution in [0.4, 0.5) is 11.4 Å². The number of aryl methyl sites for hydroxylation is 1. The zero-order chi connectivity index (χ0) is 17.1. The highest BCUT2D eigenvalue weighted by Gasteiger charge is 2.12. The summed E-state index contributed by atoms with van der Waals surface area (Å²) >= 11 is 4.72. The molecule has 2 amide bonds. The molecule has 24 heavy (non-hydrogen) atoms. The molecular formula is C17H14BrN3O2S. The maximum atomic E-state index is 12.3. The van der Waals surface area contributed by atoms with Crippen LogP contribution in [-0.2, 0) is 7.05 Å². The van der Waals surface area contributed by atoms with E-state index in [4.69, 9.17) is 0 Å². The largest absolute Gasteiger partial charge is 0.345 e. The number of nitrogens with zero attached hydrogens (tertiary/aromatic N) is 1. The summed E-state index contributed by atoms with van der Waals surface area (Å²) in [5.74, 6) is -0.384. The molecule has 0 bridgehead atoms. The van der Waals surface area contributed by atoms with Crippen LogP contribution in [0.3, 0.4) is 0 Å². The molecule has 0 atom stereocenters. The minimum Gasteiger partial charge on any atom is -0.345 e. The molecule has 5 nitrogen and oxygen atoms in total. The number of hydrogen-bond donors (Lipinski definition) is 2. The molecule has 2 heterocycles. The van der Waals surface area contributed by atoms with Gasteiger partial charge in [0, 0.05) is 29.1 Å². The summed E-state index contributed by atoms with van der Waals surface area (Å²) in [5, 5.41) is 7.50. The first-order valence-electron chi connectivity index (χ1n) is 7.11. The smallest absolute Gasteiger partial charge is 0.272 e. The topological polar surface area (TPSA) is 63.1 Å². The average Bonchev–Trinajstić information content (AvgIpc) is 3.17. The second kappa shape index (κ2) is 7.02. The van der Waals surface area contributed by atoms with Crippen molar-refractivity contribution in [1.82, 2.24) is 4.57 Å². The standard InChI is InChI=1S/C17H14BrN3O2S/c1-21-10-11(18)8-14(21)16(22)19-12-4-2-5-13(9-12)20-17(23)15-6-3-7-24-15/h2-10H,1H3,(H,19,22)(H,20,23). The molecule has 0 spiro atoms. The maximum absolute atomic E-state index is 12.3. The Bertz CT molecular complexity index is 887. The first-order chi connectivity index (χ1) is 11.5. The lowest BCUT2D eigenvalue weighted by Crippen LogP contribution is -2.15. The molecular weight excluding hydrogens is 390 g/mol. The summed E-state index contributed by atoms with van der Waals surface area (Å²) in [4.78, 5) is 25.0. The number of aromatic nitrogens is 1. The molecule has 1 aromatic carbocycles. The number of hydrogen-bond acceptors (Lipinski definition) is 3. The number of carbonyl (C=O) groups excluding carboxylic acids is 2. The van der Waals surface area contributed by atoms with E-state index in [0.29, 0.717) is 21.9 Å². The van der Waals surface area contributed by atoms with Crippen LogP contribution in [-0.4, -0.2) is 16.4 Å². The number of rotatable bonds is 4. The molecule has 0 unspecified atom stereocenters. The fourth-order valence-electron chi connectivity index (χ4n) is 2.22. The van der Waals surface area contributed by atoms with Crippen LogP contribution in [0.2, 0.25) is 0 Å². The summed E-state index contributed by atoms with van der Waals surface area (Å²) in [7, 11) is 1.80.